The monoisotopic (exact) mass is 316 g/mol. The third kappa shape index (κ3) is 4.56. The van der Waals surface area contributed by atoms with Crippen LogP contribution in [-0.2, 0) is 24.1 Å². The summed E-state index contributed by atoms with van der Waals surface area (Å²) in [4.78, 5) is 11.1. The predicted molar refractivity (Wildman–Crippen MR) is 96.3 cm³/mol. The normalized spacial score (nSPS) is 10.5. The fourth-order valence-corrected chi connectivity index (χ4v) is 2.98. The van der Waals surface area contributed by atoms with E-state index in [2.05, 4.69) is 30.3 Å². The number of carbonyl (C=O) groups is 1. The van der Waals surface area contributed by atoms with Crippen LogP contribution in [0.25, 0.3) is 0 Å². The van der Waals surface area contributed by atoms with Crippen LogP contribution in [0.2, 0.25) is 0 Å². The van der Waals surface area contributed by atoms with Gasteiger partial charge in [-0.2, -0.15) is 0 Å². The van der Waals surface area contributed by atoms with Gasteiger partial charge in [0.05, 0.1) is 6.42 Å². The van der Waals surface area contributed by atoms with Crippen molar-refractivity contribution >= 4 is 5.97 Å². The van der Waals surface area contributed by atoms with Crippen molar-refractivity contribution in [2.75, 3.05) is 0 Å². The van der Waals surface area contributed by atoms with Gasteiger partial charge in [0.15, 0.2) is 0 Å². The third-order valence-electron chi connectivity index (χ3n) is 3.97. The van der Waals surface area contributed by atoms with E-state index in [4.69, 9.17) is 5.11 Å². The number of hydrogen-bond acceptors (Lipinski definition) is 1. The molecule has 0 heterocycles. The lowest BCUT2D eigenvalue weighted by atomic mass is 9.95. The molecule has 120 valence electrons. The van der Waals surface area contributed by atoms with Gasteiger partial charge in [-0.1, -0.05) is 78.9 Å². The molecule has 3 rings (SSSR count). The summed E-state index contributed by atoms with van der Waals surface area (Å²) >= 11 is 0. The maximum Gasteiger partial charge on any atom is 0.307 e. The van der Waals surface area contributed by atoms with Crippen molar-refractivity contribution in [2.45, 2.75) is 19.3 Å². The Morgan fingerprint density at radius 1 is 0.625 bits per heavy atom. The first-order valence-corrected chi connectivity index (χ1v) is 8.10. The molecule has 2 nitrogen and oxygen atoms in total. The van der Waals surface area contributed by atoms with Gasteiger partial charge in [-0.3, -0.25) is 4.79 Å². The maximum atomic E-state index is 11.1. The van der Waals surface area contributed by atoms with Crippen LogP contribution in [0.15, 0.2) is 78.9 Å². The predicted octanol–water partition coefficient (Wildman–Crippen LogP) is 4.50. The molecule has 0 bridgehead atoms. The van der Waals surface area contributed by atoms with Crippen molar-refractivity contribution in [3.05, 3.63) is 107 Å². The van der Waals surface area contributed by atoms with E-state index < -0.39 is 5.97 Å². The Labute approximate surface area is 142 Å². The molecule has 0 saturated carbocycles. The Hall–Kier alpha value is -2.87. The zero-order valence-corrected chi connectivity index (χ0v) is 13.5. The first kappa shape index (κ1) is 16.0. The van der Waals surface area contributed by atoms with Gasteiger partial charge in [0.1, 0.15) is 0 Å². The lowest BCUT2D eigenvalue weighted by Gasteiger charge is -2.10. The van der Waals surface area contributed by atoms with E-state index in [1.165, 1.54) is 11.1 Å². The van der Waals surface area contributed by atoms with E-state index in [9.17, 15) is 4.79 Å². The van der Waals surface area contributed by atoms with Crippen LogP contribution in [0.4, 0.5) is 0 Å². The minimum absolute atomic E-state index is 0.0599. The Bertz CT molecular complexity index is 748. The molecule has 0 spiro atoms. The number of carboxylic acids is 1. The summed E-state index contributed by atoms with van der Waals surface area (Å²) in [6, 6.07) is 26.7. The van der Waals surface area contributed by atoms with E-state index in [0.29, 0.717) is 0 Å². The van der Waals surface area contributed by atoms with E-state index >= 15 is 0 Å². The number of aliphatic carboxylic acids is 1. The molecule has 0 radical (unpaired) electrons. The highest BCUT2D eigenvalue weighted by Crippen LogP contribution is 2.18. The van der Waals surface area contributed by atoms with E-state index in [1.807, 2.05) is 48.5 Å². The number of hydrogen-bond donors (Lipinski definition) is 1. The average Bonchev–Trinajstić information content (AvgIpc) is 2.56. The zero-order chi connectivity index (χ0) is 16.8. The van der Waals surface area contributed by atoms with Crippen molar-refractivity contribution in [3.8, 4) is 0 Å². The van der Waals surface area contributed by atoms with E-state index in [-0.39, 0.29) is 6.42 Å². The molecular formula is C22H20O2. The van der Waals surface area contributed by atoms with Crippen molar-refractivity contribution in [3.63, 3.8) is 0 Å². The molecule has 0 unspecified atom stereocenters. The van der Waals surface area contributed by atoms with Gasteiger partial charge in [0, 0.05) is 0 Å². The number of rotatable bonds is 6. The third-order valence-corrected chi connectivity index (χ3v) is 3.97. The molecule has 3 aromatic rings. The van der Waals surface area contributed by atoms with Crippen LogP contribution in [0.5, 0.6) is 0 Å². The van der Waals surface area contributed by atoms with Crippen molar-refractivity contribution in [1.82, 2.24) is 0 Å². The van der Waals surface area contributed by atoms with Gasteiger partial charge in [0.2, 0.25) is 0 Å². The molecule has 0 atom stereocenters. The van der Waals surface area contributed by atoms with Crippen LogP contribution < -0.4 is 0 Å². The largest absolute Gasteiger partial charge is 0.481 e. The Morgan fingerprint density at radius 2 is 1.04 bits per heavy atom. The SMILES string of the molecule is O=C(O)Cc1cc(Cc2ccccc2)cc(Cc2ccccc2)c1. The van der Waals surface area contributed by atoms with Crippen molar-refractivity contribution < 1.29 is 9.90 Å². The molecule has 3 aromatic carbocycles. The topological polar surface area (TPSA) is 37.3 Å². The molecular weight excluding hydrogens is 296 g/mol. The van der Waals surface area contributed by atoms with Gasteiger partial charge in [-0.05, 0) is 40.7 Å². The van der Waals surface area contributed by atoms with E-state index in [0.717, 1.165) is 29.5 Å². The summed E-state index contributed by atoms with van der Waals surface area (Å²) in [5.74, 6) is -0.794. The highest BCUT2D eigenvalue weighted by Gasteiger charge is 2.07. The second kappa shape index (κ2) is 7.60. The second-order valence-electron chi connectivity index (χ2n) is 6.05. The molecule has 0 saturated heterocycles. The zero-order valence-electron chi connectivity index (χ0n) is 13.5. The molecule has 0 aliphatic rings. The molecule has 0 fully saturated rings. The maximum absolute atomic E-state index is 11.1. The lowest BCUT2D eigenvalue weighted by molar-refractivity contribution is -0.136. The average molecular weight is 316 g/mol. The molecule has 24 heavy (non-hydrogen) atoms. The Kier molecular flexibility index (Phi) is 5.07. The van der Waals surface area contributed by atoms with Gasteiger partial charge in [-0.15, -0.1) is 0 Å². The van der Waals surface area contributed by atoms with Crippen LogP contribution in [-0.4, -0.2) is 11.1 Å². The van der Waals surface area contributed by atoms with Gasteiger partial charge in [0.25, 0.3) is 0 Å². The Balaban J connectivity index is 1.89. The first-order chi connectivity index (χ1) is 11.7. The summed E-state index contributed by atoms with van der Waals surface area (Å²) in [5, 5.41) is 9.13. The van der Waals surface area contributed by atoms with E-state index in [1.54, 1.807) is 0 Å². The van der Waals surface area contributed by atoms with Gasteiger partial charge in [-0.25, -0.2) is 0 Å². The number of benzene rings is 3. The van der Waals surface area contributed by atoms with Crippen molar-refractivity contribution in [2.24, 2.45) is 0 Å². The summed E-state index contributed by atoms with van der Waals surface area (Å²) in [6.45, 7) is 0. The van der Waals surface area contributed by atoms with Crippen LogP contribution in [0, 0.1) is 0 Å². The second-order valence-corrected chi connectivity index (χ2v) is 6.05. The number of carboxylic acid groups (broad SMARTS) is 1. The molecule has 2 heteroatoms. The first-order valence-electron chi connectivity index (χ1n) is 8.10. The summed E-state index contributed by atoms with van der Waals surface area (Å²) < 4.78 is 0. The molecule has 1 N–H and O–H groups in total. The van der Waals surface area contributed by atoms with Crippen LogP contribution in [0.3, 0.4) is 0 Å². The van der Waals surface area contributed by atoms with Crippen molar-refractivity contribution in [1.29, 1.82) is 0 Å². The molecule has 0 aliphatic carbocycles. The highest BCUT2D eigenvalue weighted by molar-refractivity contribution is 5.70. The minimum atomic E-state index is -0.794. The van der Waals surface area contributed by atoms with Crippen LogP contribution >= 0.6 is 0 Å². The summed E-state index contributed by atoms with van der Waals surface area (Å²) in [6.07, 6.45) is 1.69. The fraction of sp³-hybridized carbons (Fsp3) is 0.136. The lowest BCUT2D eigenvalue weighted by Crippen LogP contribution is -2.03. The molecule has 0 aliphatic heterocycles. The molecule has 0 amide bonds. The van der Waals surface area contributed by atoms with Gasteiger partial charge >= 0.3 is 5.97 Å². The highest BCUT2D eigenvalue weighted by atomic mass is 16.4. The van der Waals surface area contributed by atoms with Crippen LogP contribution in [0.1, 0.15) is 27.8 Å². The van der Waals surface area contributed by atoms with Gasteiger partial charge < -0.3 is 5.11 Å². The summed E-state index contributed by atoms with van der Waals surface area (Å²) in [7, 11) is 0. The quantitative estimate of drug-likeness (QED) is 0.727. The fourth-order valence-electron chi connectivity index (χ4n) is 2.98. The minimum Gasteiger partial charge on any atom is -0.481 e. The molecule has 0 aromatic heterocycles. The summed E-state index contributed by atoms with van der Waals surface area (Å²) in [5.41, 5.74) is 5.64. The smallest absolute Gasteiger partial charge is 0.307 e. The Morgan fingerprint density at radius 3 is 1.46 bits per heavy atom. The standard InChI is InChI=1S/C22H20O2/c23-22(24)16-21-14-19(11-17-7-3-1-4-8-17)13-20(15-21)12-18-9-5-2-6-10-18/h1-10,13-15H,11-12,16H2,(H,23,24).